The molecule has 1 heterocycles. The van der Waals surface area contributed by atoms with Gasteiger partial charge in [-0.05, 0) is 29.8 Å². The SMILES string of the molecule is O=C(O)Cc1ccc2onc(-c3ccc(Cl)cc3)c2c1. The van der Waals surface area contributed by atoms with Crippen molar-refractivity contribution in [2.45, 2.75) is 6.42 Å². The van der Waals surface area contributed by atoms with E-state index in [-0.39, 0.29) is 6.42 Å². The van der Waals surface area contributed by atoms with E-state index in [1.165, 1.54) is 0 Å². The lowest BCUT2D eigenvalue weighted by Crippen LogP contribution is -1.99. The first kappa shape index (κ1) is 12.7. The molecule has 1 aromatic heterocycles. The number of aliphatic carboxylic acids is 1. The van der Waals surface area contributed by atoms with E-state index in [1.54, 1.807) is 30.3 Å². The molecule has 0 spiro atoms. The first-order chi connectivity index (χ1) is 9.63. The van der Waals surface area contributed by atoms with Gasteiger partial charge in [-0.1, -0.05) is 35.0 Å². The van der Waals surface area contributed by atoms with Gasteiger partial charge in [-0.25, -0.2) is 0 Å². The summed E-state index contributed by atoms with van der Waals surface area (Å²) in [5.74, 6) is -0.867. The van der Waals surface area contributed by atoms with E-state index in [1.807, 2.05) is 12.1 Å². The lowest BCUT2D eigenvalue weighted by molar-refractivity contribution is -0.136. The molecule has 0 saturated heterocycles. The van der Waals surface area contributed by atoms with Crippen molar-refractivity contribution >= 4 is 28.5 Å². The van der Waals surface area contributed by atoms with Crippen LogP contribution in [-0.4, -0.2) is 16.2 Å². The average molecular weight is 288 g/mol. The summed E-state index contributed by atoms with van der Waals surface area (Å²) in [7, 11) is 0. The second kappa shape index (κ2) is 4.98. The third-order valence-electron chi connectivity index (χ3n) is 3.01. The van der Waals surface area contributed by atoms with Crippen molar-refractivity contribution in [2.24, 2.45) is 0 Å². The van der Waals surface area contributed by atoms with Gasteiger partial charge in [0.15, 0.2) is 5.58 Å². The Kier molecular flexibility index (Phi) is 3.16. The van der Waals surface area contributed by atoms with Crippen molar-refractivity contribution < 1.29 is 14.4 Å². The number of carboxylic acids is 1. The Morgan fingerprint density at radius 3 is 2.65 bits per heavy atom. The predicted octanol–water partition coefficient (Wildman–Crippen LogP) is 3.78. The highest BCUT2D eigenvalue weighted by atomic mass is 35.5. The molecule has 0 amide bonds. The van der Waals surface area contributed by atoms with E-state index in [9.17, 15) is 4.79 Å². The lowest BCUT2D eigenvalue weighted by Gasteiger charge is -1.99. The zero-order valence-corrected chi connectivity index (χ0v) is 11.1. The van der Waals surface area contributed by atoms with Gasteiger partial charge in [-0.3, -0.25) is 4.79 Å². The Labute approximate surface area is 119 Å². The molecule has 1 N–H and O–H groups in total. The normalized spacial score (nSPS) is 10.8. The molecule has 0 saturated carbocycles. The van der Waals surface area contributed by atoms with Gasteiger partial charge >= 0.3 is 5.97 Å². The molecule has 4 nitrogen and oxygen atoms in total. The van der Waals surface area contributed by atoms with Crippen LogP contribution in [0.5, 0.6) is 0 Å². The van der Waals surface area contributed by atoms with E-state index in [0.29, 0.717) is 21.9 Å². The highest BCUT2D eigenvalue weighted by Crippen LogP contribution is 2.29. The Morgan fingerprint density at radius 2 is 1.95 bits per heavy atom. The number of carboxylic acid groups (broad SMARTS) is 1. The maximum absolute atomic E-state index is 10.8. The first-order valence-electron chi connectivity index (χ1n) is 5.99. The average Bonchev–Trinajstić information content (AvgIpc) is 2.82. The van der Waals surface area contributed by atoms with Crippen LogP contribution < -0.4 is 0 Å². The molecule has 5 heteroatoms. The maximum Gasteiger partial charge on any atom is 0.307 e. The smallest absolute Gasteiger partial charge is 0.307 e. The molecule has 0 fully saturated rings. The molecule has 0 aliphatic carbocycles. The lowest BCUT2D eigenvalue weighted by atomic mass is 10.0. The summed E-state index contributed by atoms with van der Waals surface area (Å²) in [5.41, 5.74) is 2.90. The van der Waals surface area contributed by atoms with Gasteiger partial charge in [0.1, 0.15) is 5.69 Å². The largest absolute Gasteiger partial charge is 0.481 e. The Hall–Kier alpha value is -2.33. The summed E-state index contributed by atoms with van der Waals surface area (Å²) >= 11 is 5.86. The van der Waals surface area contributed by atoms with Crippen molar-refractivity contribution in [2.75, 3.05) is 0 Å². The number of benzene rings is 2. The molecule has 3 aromatic rings. The monoisotopic (exact) mass is 287 g/mol. The molecule has 0 radical (unpaired) electrons. The van der Waals surface area contributed by atoms with Gasteiger partial charge in [-0.15, -0.1) is 0 Å². The number of aromatic nitrogens is 1. The second-order valence-electron chi connectivity index (χ2n) is 4.44. The number of rotatable bonds is 3. The van der Waals surface area contributed by atoms with Crippen molar-refractivity contribution in [1.29, 1.82) is 0 Å². The van der Waals surface area contributed by atoms with Crippen LogP contribution in [0.3, 0.4) is 0 Å². The van der Waals surface area contributed by atoms with Crippen molar-refractivity contribution in [3.8, 4) is 11.3 Å². The van der Waals surface area contributed by atoms with Crippen LogP contribution in [0.2, 0.25) is 5.02 Å². The third-order valence-corrected chi connectivity index (χ3v) is 3.26. The van der Waals surface area contributed by atoms with Gasteiger partial charge in [-0.2, -0.15) is 0 Å². The van der Waals surface area contributed by atoms with Crippen molar-refractivity contribution in [3.63, 3.8) is 0 Å². The molecule has 0 atom stereocenters. The van der Waals surface area contributed by atoms with E-state index in [0.717, 1.165) is 10.9 Å². The second-order valence-corrected chi connectivity index (χ2v) is 4.88. The van der Waals surface area contributed by atoms with E-state index in [2.05, 4.69) is 5.16 Å². The fourth-order valence-electron chi connectivity index (χ4n) is 2.09. The van der Waals surface area contributed by atoms with Crippen LogP contribution in [0, 0.1) is 0 Å². The summed E-state index contributed by atoms with van der Waals surface area (Å²) in [5, 5.41) is 14.3. The van der Waals surface area contributed by atoms with Crippen LogP contribution in [0.15, 0.2) is 47.0 Å². The van der Waals surface area contributed by atoms with Crippen LogP contribution in [0.4, 0.5) is 0 Å². The summed E-state index contributed by atoms with van der Waals surface area (Å²) in [6, 6.07) is 12.5. The Balaban J connectivity index is 2.11. The maximum atomic E-state index is 10.8. The van der Waals surface area contributed by atoms with Gasteiger partial charge in [0, 0.05) is 16.0 Å². The summed E-state index contributed by atoms with van der Waals surface area (Å²) in [6.45, 7) is 0. The fourth-order valence-corrected chi connectivity index (χ4v) is 2.21. The third kappa shape index (κ3) is 2.38. The highest BCUT2D eigenvalue weighted by molar-refractivity contribution is 6.30. The molecule has 100 valence electrons. The van der Waals surface area contributed by atoms with E-state index in [4.69, 9.17) is 21.2 Å². The van der Waals surface area contributed by atoms with Gasteiger partial charge in [0.2, 0.25) is 0 Å². The standard InChI is InChI=1S/C15H10ClNO3/c16-11-4-2-10(3-5-11)15-12-7-9(8-14(18)19)1-6-13(12)20-17-15/h1-7H,8H2,(H,18,19). The van der Waals surface area contributed by atoms with Crippen molar-refractivity contribution in [1.82, 2.24) is 5.16 Å². The van der Waals surface area contributed by atoms with Gasteiger partial charge in [0.05, 0.1) is 6.42 Å². The van der Waals surface area contributed by atoms with Crippen LogP contribution in [-0.2, 0) is 11.2 Å². The summed E-state index contributed by atoms with van der Waals surface area (Å²) < 4.78 is 5.26. The predicted molar refractivity (Wildman–Crippen MR) is 75.8 cm³/mol. The minimum atomic E-state index is -0.867. The zero-order chi connectivity index (χ0) is 14.1. The highest BCUT2D eigenvalue weighted by Gasteiger charge is 2.12. The van der Waals surface area contributed by atoms with E-state index < -0.39 is 5.97 Å². The molecule has 0 unspecified atom stereocenters. The molecular formula is C15H10ClNO3. The Morgan fingerprint density at radius 1 is 1.20 bits per heavy atom. The molecule has 20 heavy (non-hydrogen) atoms. The van der Waals surface area contributed by atoms with Gasteiger partial charge in [0.25, 0.3) is 0 Å². The number of hydrogen-bond donors (Lipinski definition) is 1. The molecule has 0 aliphatic rings. The zero-order valence-electron chi connectivity index (χ0n) is 10.3. The molecule has 0 aliphatic heterocycles. The van der Waals surface area contributed by atoms with Crippen LogP contribution in [0.1, 0.15) is 5.56 Å². The van der Waals surface area contributed by atoms with Crippen LogP contribution in [0.25, 0.3) is 22.2 Å². The molecule has 0 bridgehead atoms. The van der Waals surface area contributed by atoms with Crippen LogP contribution >= 0.6 is 11.6 Å². The van der Waals surface area contributed by atoms with Gasteiger partial charge < -0.3 is 9.63 Å². The number of halogens is 1. The quantitative estimate of drug-likeness (QED) is 0.796. The summed E-state index contributed by atoms with van der Waals surface area (Å²) in [4.78, 5) is 10.8. The number of nitrogens with zero attached hydrogens (tertiary/aromatic N) is 1. The minimum Gasteiger partial charge on any atom is -0.481 e. The van der Waals surface area contributed by atoms with Crippen molar-refractivity contribution in [3.05, 3.63) is 53.1 Å². The fraction of sp³-hybridized carbons (Fsp3) is 0.0667. The van der Waals surface area contributed by atoms with E-state index >= 15 is 0 Å². The summed E-state index contributed by atoms with van der Waals surface area (Å²) in [6.07, 6.45) is -0.0266. The number of fused-ring (bicyclic) bond motifs is 1. The number of hydrogen-bond acceptors (Lipinski definition) is 3. The molecule has 2 aromatic carbocycles. The molecular weight excluding hydrogens is 278 g/mol. The Bertz CT molecular complexity index is 777. The minimum absolute atomic E-state index is 0.0266. The molecule has 3 rings (SSSR count). The number of carbonyl (C=O) groups is 1. The first-order valence-corrected chi connectivity index (χ1v) is 6.37. The topological polar surface area (TPSA) is 63.3 Å².